The number of rotatable bonds is 1. The van der Waals surface area contributed by atoms with Crippen molar-refractivity contribution in [1.82, 2.24) is 4.98 Å². The van der Waals surface area contributed by atoms with Gasteiger partial charge in [0.1, 0.15) is 5.69 Å². The van der Waals surface area contributed by atoms with Gasteiger partial charge in [-0.3, -0.25) is 0 Å². The SMILES string of the molecule is Nc1cc(Br)cnc1[N+](=O)[O-]. The zero-order chi connectivity index (χ0) is 8.43. The van der Waals surface area contributed by atoms with Crippen LogP contribution in [-0.4, -0.2) is 9.91 Å². The lowest BCUT2D eigenvalue weighted by atomic mass is 10.4. The molecule has 0 aliphatic carbocycles. The van der Waals surface area contributed by atoms with E-state index >= 15 is 0 Å². The molecule has 0 radical (unpaired) electrons. The van der Waals surface area contributed by atoms with Gasteiger partial charge in [-0.25, -0.2) is 0 Å². The van der Waals surface area contributed by atoms with E-state index in [1.165, 1.54) is 12.3 Å². The van der Waals surface area contributed by atoms with Crippen molar-refractivity contribution in [3.8, 4) is 0 Å². The molecule has 0 atom stereocenters. The molecule has 2 N–H and O–H groups in total. The molecule has 1 rings (SSSR count). The average molecular weight is 218 g/mol. The highest BCUT2D eigenvalue weighted by atomic mass is 79.9. The summed E-state index contributed by atoms with van der Waals surface area (Å²) >= 11 is 3.08. The minimum Gasteiger partial charge on any atom is -0.392 e. The summed E-state index contributed by atoms with van der Waals surface area (Å²) in [4.78, 5) is 13.1. The molecular weight excluding hydrogens is 214 g/mol. The topological polar surface area (TPSA) is 82.0 Å². The molecule has 1 aromatic rings. The van der Waals surface area contributed by atoms with Gasteiger partial charge in [0.15, 0.2) is 6.20 Å². The third-order valence-corrected chi connectivity index (χ3v) is 1.47. The van der Waals surface area contributed by atoms with Crippen molar-refractivity contribution in [2.24, 2.45) is 0 Å². The normalized spacial score (nSPS) is 9.55. The molecule has 58 valence electrons. The predicted molar refractivity (Wildman–Crippen MR) is 43.0 cm³/mol. The van der Waals surface area contributed by atoms with Crippen LogP contribution in [-0.2, 0) is 0 Å². The smallest absolute Gasteiger partial charge is 0.386 e. The zero-order valence-corrected chi connectivity index (χ0v) is 6.91. The van der Waals surface area contributed by atoms with Gasteiger partial charge in [-0.15, -0.1) is 0 Å². The van der Waals surface area contributed by atoms with Crippen LogP contribution in [0.1, 0.15) is 0 Å². The summed E-state index contributed by atoms with van der Waals surface area (Å²) < 4.78 is 0.626. The van der Waals surface area contributed by atoms with Crippen molar-refractivity contribution >= 4 is 27.4 Å². The Morgan fingerprint density at radius 2 is 2.36 bits per heavy atom. The Labute approximate surface area is 70.5 Å². The lowest BCUT2D eigenvalue weighted by Crippen LogP contribution is -1.97. The summed E-state index contributed by atoms with van der Waals surface area (Å²) in [7, 11) is 0. The molecule has 0 saturated carbocycles. The van der Waals surface area contributed by atoms with Crippen molar-refractivity contribution in [3.05, 3.63) is 26.9 Å². The van der Waals surface area contributed by atoms with Gasteiger partial charge >= 0.3 is 5.82 Å². The van der Waals surface area contributed by atoms with E-state index < -0.39 is 4.92 Å². The van der Waals surface area contributed by atoms with Crippen LogP contribution in [0, 0.1) is 10.1 Å². The van der Waals surface area contributed by atoms with E-state index in [0.29, 0.717) is 4.47 Å². The molecule has 0 unspecified atom stereocenters. The molecule has 0 bridgehead atoms. The predicted octanol–water partition coefficient (Wildman–Crippen LogP) is 1.33. The first-order chi connectivity index (χ1) is 5.11. The quantitative estimate of drug-likeness (QED) is 0.569. The van der Waals surface area contributed by atoms with Crippen molar-refractivity contribution in [2.45, 2.75) is 0 Å². The largest absolute Gasteiger partial charge is 0.392 e. The second-order valence-corrected chi connectivity index (χ2v) is 2.74. The highest BCUT2D eigenvalue weighted by Crippen LogP contribution is 2.20. The molecule has 1 heterocycles. The van der Waals surface area contributed by atoms with E-state index in [4.69, 9.17) is 5.73 Å². The van der Waals surface area contributed by atoms with Gasteiger partial charge in [0.2, 0.25) is 0 Å². The van der Waals surface area contributed by atoms with Crippen LogP contribution >= 0.6 is 15.9 Å². The molecule has 1 aromatic heterocycles. The maximum absolute atomic E-state index is 10.2. The summed E-state index contributed by atoms with van der Waals surface area (Å²) in [6.07, 6.45) is 1.33. The van der Waals surface area contributed by atoms with Crippen molar-refractivity contribution < 1.29 is 4.92 Å². The molecule has 11 heavy (non-hydrogen) atoms. The van der Waals surface area contributed by atoms with Crippen molar-refractivity contribution in [3.63, 3.8) is 0 Å². The monoisotopic (exact) mass is 217 g/mol. The van der Waals surface area contributed by atoms with Crippen molar-refractivity contribution in [2.75, 3.05) is 5.73 Å². The van der Waals surface area contributed by atoms with E-state index in [2.05, 4.69) is 20.9 Å². The first-order valence-electron chi connectivity index (χ1n) is 2.66. The number of halogens is 1. The van der Waals surface area contributed by atoms with Crippen LogP contribution in [0.25, 0.3) is 0 Å². The average Bonchev–Trinajstić information content (AvgIpc) is 1.85. The molecule has 0 amide bonds. The molecule has 0 spiro atoms. The van der Waals surface area contributed by atoms with E-state index in [0.717, 1.165) is 0 Å². The van der Waals surface area contributed by atoms with Gasteiger partial charge in [-0.2, -0.15) is 0 Å². The van der Waals surface area contributed by atoms with E-state index in [1.807, 2.05) is 0 Å². The Kier molecular flexibility index (Phi) is 2.04. The fraction of sp³-hybridized carbons (Fsp3) is 0. The highest BCUT2D eigenvalue weighted by Gasteiger charge is 2.11. The van der Waals surface area contributed by atoms with Gasteiger partial charge in [0, 0.05) is 0 Å². The van der Waals surface area contributed by atoms with Gasteiger partial charge < -0.3 is 15.8 Å². The summed E-state index contributed by atoms with van der Waals surface area (Å²) in [5.41, 5.74) is 5.35. The second-order valence-electron chi connectivity index (χ2n) is 1.82. The number of hydrogen-bond acceptors (Lipinski definition) is 4. The van der Waals surface area contributed by atoms with Crippen LogP contribution in [0.15, 0.2) is 16.7 Å². The summed E-state index contributed by atoms with van der Waals surface area (Å²) in [5.74, 6) is -0.312. The molecular formula is C5H4BrN3O2. The van der Waals surface area contributed by atoms with Gasteiger partial charge in [-0.05, 0) is 31.9 Å². The van der Waals surface area contributed by atoms with Crippen LogP contribution in [0.2, 0.25) is 0 Å². The lowest BCUT2D eigenvalue weighted by Gasteiger charge is -1.94. The third-order valence-electron chi connectivity index (χ3n) is 1.03. The van der Waals surface area contributed by atoms with Crippen LogP contribution in [0.3, 0.4) is 0 Å². The Morgan fingerprint density at radius 1 is 1.73 bits per heavy atom. The van der Waals surface area contributed by atoms with E-state index in [9.17, 15) is 10.1 Å². The first-order valence-corrected chi connectivity index (χ1v) is 3.46. The van der Waals surface area contributed by atoms with E-state index in [-0.39, 0.29) is 11.5 Å². The zero-order valence-electron chi connectivity index (χ0n) is 5.32. The maximum Gasteiger partial charge on any atom is 0.386 e. The van der Waals surface area contributed by atoms with Crippen LogP contribution in [0.4, 0.5) is 11.5 Å². The Morgan fingerprint density at radius 3 is 2.82 bits per heavy atom. The lowest BCUT2D eigenvalue weighted by molar-refractivity contribution is -0.388. The van der Waals surface area contributed by atoms with Gasteiger partial charge in [-0.1, -0.05) is 0 Å². The number of nitro groups is 1. The second kappa shape index (κ2) is 2.83. The summed E-state index contributed by atoms with van der Waals surface area (Å²) in [5, 5.41) is 10.2. The van der Waals surface area contributed by atoms with Gasteiger partial charge in [0.25, 0.3) is 0 Å². The minimum atomic E-state index is -0.623. The fourth-order valence-corrected chi connectivity index (χ4v) is 0.949. The summed E-state index contributed by atoms with van der Waals surface area (Å²) in [6, 6.07) is 1.44. The Balaban J connectivity index is 3.20. The molecule has 5 nitrogen and oxygen atoms in total. The highest BCUT2D eigenvalue weighted by molar-refractivity contribution is 9.10. The number of hydrogen-bond donors (Lipinski definition) is 1. The standard InChI is InChI=1S/C5H4BrN3O2/c6-3-1-4(7)5(8-2-3)9(10)11/h1-2H,7H2. The number of nitrogens with zero attached hydrogens (tertiary/aromatic N) is 2. The number of anilines is 1. The van der Waals surface area contributed by atoms with Gasteiger partial charge in [0.05, 0.1) is 4.47 Å². The third kappa shape index (κ3) is 1.64. The van der Waals surface area contributed by atoms with E-state index in [1.54, 1.807) is 0 Å². The minimum absolute atomic E-state index is 0.0596. The molecule has 6 heteroatoms. The summed E-state index contributed by atoms with van der Waals surface area (Å²) in [6.45, 7) is 0. The molecule has 0 saturated heterocycles. The Hall–Kier alpha value is -1.17. The number of nitrogen functional groups attached to an aromatic ring is 1. The molecule has 0 aromatic carbocycles. The molecule has 0 aliphatic rings. The van der Waals surface area contributed by atoms with Crippen molar-refractivity contribution in [1.29, 1.82) is 0 Å². The first kappa shape index (κ1) is 7.93. The fourth-order valence-electron chi connectivity index (χ4n) is 0.600. The maximum atomic E-state index is 10.2. The molecule has 0 fully saturated rings. The molecule has 0 aliphatic heterocycles. The Bertz CT molecular complexity index is 302. The van der Waals surface area contributed by atoms with Crippen LogP contribution < -0.4 is 5.73 Å². The number of nitrogens with two attached hydrogens (primary N) is 1. The van der Waals surface area contributed by atoms with Crippen LogP contribution in [0.5, 0.6) is 0 Å². The number of pyridine rings is 1. The number of aromatic nitrogens is 1.